The number of ether oxygens (including phenoxy) is 5. The smallest absolute Gasteiger partial charge is 0.349 e. The lowest BCUT2D eigenvalue weighted by atomic mass is 10.1. The molecule has 0 aliphatic rings. The summed E-state index contributed by atoms with van der Waals surface area (Å²) in [5.74, 6) is 0.0854. The lowest BCUT2D eigenvalue weighted by molar-refractivity contribution is 0.0733. The van der Waals surface area contributed by atoms with Gasteiger partial charge >= 0.3 is 11.6 Å². The molecule has 0 atom stereocenters. The van der Waals surface area contributed by atoms with Crippen LogP contribution in [0.5, 0.6) is 23.0 Å². The van der Waals surface area contributed by atoms with Crippen LogP contribution in [0, 0.1) is 0 Å². The summed E-state index contributed by atoms with van der Waals surface area (Å²) in [6.45, 7) is 7.45. The molecule has 0 saturated carbocycles. The van der Waals surface area contributed by atoms with Crippen LogP contribution in [-0.2, 0) is 4.74 Å². The third-order valence-corrected chi connectivity index (χ3v) is 5.12. The topological polar surface area (TPSA) is 123 Å². The molecule has 1 amide bonds. The van der Waals surface area contributed by atoms with E-state index in [1.54, 1.807) is 19.2 Å². The molecule has 0 aliphatic heterocycles. The van der Waals surface area contributed by atoms with Gasteiger partial charge in [0.25, 0.3) is 5.91 Å². The minimum Gasteiger partial charge on any atom is -0.490 e. The summed E-state index contributed by atoms with van der Waals surface area (Å²) in [5.41, 5.74) is -0.550. The van der Waals surface area contributed by atoms with Crippen LogP contribution in [0.1, 0.15) is 47.9 Å². The van der Waals surface area contributed by atoms with Crippen LogP contribution in [0.4, 0.5) is 0 Å². The van der Waals surface area contributed by atoms with Crippen molar-refractivity contribution in [2.75, 3.05) is 40.1 Å². The molecule has 0 bridgehead atoms. The van der Waals surface area contributed by atoms with Crippen molar-refractivity contribution in [1.29, 1.82) is 0 Å². The van der Waals surface area contributed by atoms with Crippen molar-refractivity contribution in [2.24, 2.45) is 0 Å². The summed E-state index contributed by atoms with van der Waals surface area (Å²) in [5, 5.41) is 3.16. The molecule has 37 heavy (non-hydrogen) atoms. The van der Waals surface area contributed by atoms with Gasteiger partial charge in [-0.2, -0.15) is 0 Å². The highest BCUT2D eigenvalue weighted by atomic mass is 16.5. The monoisotopic (exact) mass is 513 g/mol. The fourth-order valence-corrected chi connectivity index (χ4v) is 3.50. The second-order valence-corrected chi connectivity index (χ2v) is 7.74. The zero-order valence-corrected chi connectivity index (χ0v) is 21.4. The SMILES string of the molecule is CCOc1cc(C(=O)Oc2ccc3cc(C(=O)NCCCOC)c(=O)oc3c2)cc(OCC)c1OCC. The van der Waals surface area contributed by atoms with Gasteiger partial charge in [-0.3, -0.25) is 4.79 Å². The van der Waals surface area contributed by atoms with E-state index in [1.165, 1.54) is 24.3 Å². The molecule has 3 aromatic rings. The Morgan fingerprint density at radius 3 is 2.22 bits per heavy atom. The van der Waals surface area contributed by atoms with Crippen LogP contribution in [0.2, 0.25) is 0 Å². The van der Waals surface area contributed by atoms with E-state index < -0.39 is 17.5 Å². The standard InChI is InChI=1S/C27H31NO9/c1-5-33-22-14-18(15-23(34-6-2)24(22)35-7-3)26(30)36-19-10-9-17-13-20(27(31)37-21(17)16-19)25(29)28-11-8-12-32-4/h9-10,13-16H,5-8,11-12H2,1-4H3,(H,28,29). The zero-order valence-electron chi connectivity index (χ0n) is 21.4. The number of methoxy groups -OCH3 is 1. The first-order valence-electron chi connectivity index (χ1n) is 12.0. The summed E-state index contributed by atoms with van der Waals surface area (Å²) in [4.78, 5) is 37.7. The molecule has 0 unspecified atom stereocenters. The minimum atomic E-state index is -0.797. The summed E-state index contributed by atoms with van der Waals surface area (Å²) in [6.07, 6.45) is 0.613. The van der Waals surface area contributed by atoms with Gasteiger partial charge in [0, 0.05) is 31.7 Å². The third kappa shape index (κ3) is 7.01. The minimum absolute atomic E-state index is 0.115. The lowest BCUT2D eigenvalue weighted by Gasteiger charge is -2.16. The van der Waals surface area contributed by atoms with Crippen LogP contribution in [0.15, 0.2) is 45.6 Å². The van der Waals surface area contributed by atoms with Gasteiger partial charge < -0.3 is 33.4 Å². The Kier molecular flexibility index (Phi) is 9.91. The van der Waals surface area contributed by atoms with Gasteiger partial charge in [0.2, 0.25) is 5.75 Å². The molecule has 1 heterocycles. The first-order valence-corrected chi connectivity index (χ1v) is 12.0. The number of rotatable bonds is 13. The lowest BCUT2D eigenvalue weighted by Crippen LogP contribution is -2.29. The number of fused-ring (bicyclic) bond motifs is 1. The molecule has 0 fully saturated rings. The zero-order chi connectivity index (χ0) is 26.8. The molecule has 0 saturated heterocycles. The van der Waals surface area contributed by atoms with E-state index >= 15 is 0 Å². The van der Waals surface area contributed by atoms with Gasteiger partial charge in [-0.1, -0.05) is 0 Å². The van der Waals surface area contributed by atoms with Gasteiger partial charge in [-0.15, -0.1) is 0 Å². The van der Waals surface area contributed by atoms with Crippen LogP contribution in [0.3, 0.4) is 0 Å². The number of nitrogens with one attached hydrogen (secondary N) is 1. The van der Waals surface area contributed by atoms with Crippen molar-refractivity contribution >= 4 is 22.8 Å². The van der Waals surface area contributed by atoms with Gasteiger partial charge in [0.1, 0.15) is 16.9 Å². The van der Waals surface area contributed by atoms with Gasteiger partial charge in [0.15, 0.2) is 11.5 Å². The molecular weight excluding hydrogens is 482 g/mol. The average Bonchev–Trinajstić information content (AvgIpc) is 2.88. The molecule has 10 nitrogen and oxygen atoms in total. The first kappa shape index (κ1) is 27.5. The summed E-state index contributed by atoms with van der Waals surface area (Å²) in [6, 6.07) is 9.04. The van der Waals surface area contributed by atoms with E-state index in [4.69, 9.17) is 28.1 Å². The second kappa shape index (κ2) is 13.3. The van der Waals surface area contributed by atoms with Crippen LogP contribution >= 0.6 is 0 Å². The van der Waals surface area contributed by atoms with Crippen molar-refractivity contribution < 1.29 is 37.7 Å². The van der Waals surface area contributed by atoms with E-state index in [0.717, 1.165) is 0 Å². The number of benzene rings is 2. The summed E-state index contributed by atoms with van der Waals surface area (Å²) >= 11 is 0. The van der Waals surface area contributed by atoms with Gasteiger partial charge in [0.05, 0.1) is 25.4 Å². The normalized spacial score (nSPS) is 10.7. The van der Waals surface area contributed by atoms with Crippen molar-refractivity contribution in [3.63, 3.8) is 0 Å². The predicted molar refractivity (Wildman–Crippen MR) is 136 cm³/mol. The Bertz CT molecular complexity index is 1270. The Labute approximate surface area is 214 Å². The molecule has 0 aliphatic carbocycles. The number of esters is 1. The molecule has 3 rings (SSSR count). The quantitative estimate of drug-likeness (QED) is 0.156. The molecule has 1 aromatic heterocycles. The van der Waals surface area contributed by atoms with Crippen LogP contribution in [-0.4, -0.2) is 52.0 Å². The maximum absolute atomic E-state index is 13.0. The molecule has 10 heteroatoms. The molecule has 198 valence electrons. The van der Waals surface area contributed by atoms with Crippen molar-refractivity contribution in [3.8, 4) is 23.0 Å². The van der Waals surface area contributed by atoms with Crippen molar-refractivity contribution in [1.82, 2.24) is 5.32 Å². The highest BCUT2D eigenvalue weighted by molar-refractivity contribution is 5.97. The molecule has 2 aromatic carbocycles. The van der Waals surface area contributed by atoms with E-state index in [-0.39, 0.29) is 22.5 Å². The molecule has 0 spiro atoms. The molecular formula is C27H31NO9. The van der Waals surface area contributed by atoms with E-state index in [1.807, 2.05) is 20.8 Å². The van der Waals surface area contributed by atoms with Crippen molar-refractivity contribution in [3.05, 3.63) is 57.9 Å². The Morgan fingerprint density at radius 2 is 1.59 bits per heavy atom. The molecule has 0 radical (unpaired) electrons. The van der Waals surface area contributed by atoms with Crippen molar-refractivity contribution in [2.45, 2.75) is 27.2 Å². The van der Waals surface area contributed by atoms with Crippen LogP contribution in [0.25, 0.3) is 11.0 Å². The number of carbonyl (C=O) groups excluding carboxylic acids is 2. The fraction of sp³-hybridized carbons (Fsp3) is 0.370. The van der Waals surface area contributed by atoms with E-state index in [9.17, 15) is 14.4 Å². The highest BCUT2D eigenvalue weighted by Gasteiger charge is 2.20. The first-order chi connectivity index (χ1) is 17.9. The number of amides is 1. The third-order valence-electron chi connectivity index (χ3n) is 5.12. The predicted octanol–water partition coefficient (Wildman–Crippen LogP) is 3.97. The highest BCUT2D eigenvalue weighted by Crippen LogP contribution is 2.39. The molecule has 1 N–H and O–H groups in total. The van der Waals surface area contributed by atoms with E-state index in [2.05, 4.69) is 5.32 Å². The van der Waals surface area contributed by atoms with Crippen LogP contribution < -0.4 is 29.9 Å². The van der Waals surface area contributed by atoms with E-state index in [0.29, 0.717) is 62.0 Å². The number of carbonyl (C=O) groups is 2. The second-order valence-electron chi connectivity index (χ2n) is 7.74. The Hall–Kier alpha value is -4.05. The average molecular weight is 514 g/mol. The fourth-order valence-electron chi connectivity index (χ4n) is 3.50. The van der Waals surface area contributed by atoms with Gasteiger partial charge in [-0.05, 0) is 57.5 Å². The maximum Gasteiger partial charge on any atom is 0.349 e. The Morgan fingerprint density at radius 1 is 0.919 bits per heavy atom. The number of hydrogen-bond donors (Lipinski definition) is 1. The summed E-state index contributed by atoms with van der Waals surface area (Å²) in [7, 11) is 1.57. The largest absolute Gasteiger partial charge is 0.490 e. The Balaban J connectivity index is 1.84. The summed E-state index contributed by atoms with van der Waals surface area (Å²) < 4.78 is 32.8. The maximum atomic E-state index is 13.0. The van der Waals surface area contributed by atoms with Gasteiger partial charge in [-0.25, -0.2) is 9.59 Å². The number of hydrogen-bond acceptors (Lipinski definition) is 9.